The Kier molecular flexibility index (Phi) is 3.71. The minimum atomic E-state index is 0.664. The van der Waals surface area contributed by atoms with E-state index < -0.39 is 0 Å². The molecule has 0 saturated carbocycles. The summed E-state index contributed by atoms with van der Waals surface area (Å²) in [5.74, 6) is 0. The zero-order valence-corrected chi connectivity index (χ0v) is 12.6. The second-order valence-corrected chi connectivity index (χ2v) is 5.72. The number of aromatic nitrogens is 1. The normalized spacial score (nSPS) is 14.4. The molecule has 1 aliphatic rings. The second-order valence-electron chi connectivity index (χ2n) is 4.80. The quantitative estimate of drug-likeness (QED) is 0.931. The van der Waals surface area contributed by atoms with Crippen LogP contribution in [0.3, 0.4) is 0 Å². The van der Waals surface area contributed by atoms with Crippen LogP contribution in [0.1, 0.15) is 24.6 Å². The Balaban J connectivity index is 2.21. The first-order chi connectivity index (χ1) is 9.29. The number of anilines is 1. The summed E-state index contributed by atoms with van der Waals surface area (Å²) in [7, 11) is 0. The molecule has 0 radical (unpaired) electrons. The van der Waals surface area contributed by atoms with Gasteiger partial charge in [0.2, 0.25) is 0 Å². The number of hydrogen-bond acceptors (Lipinski definition) is 3. The molecule has 1 aromatic carbocycles. The molecule has 1 N–H and O–H groups in total. The molecule has 0 bridgehead atoms. The lowest BCUT2D eigenvalue weighted by Gasteiger charge is -2.22. The number of halogens is 1. The van der Waals surface area contributed by atoms with Gasteiger partial charge in [-0.05, 0) is 24.6 Å². The molecule has 2 heterocycles. The number of nitrogens with one attached hydrogen (secondary N) is 1. The van der Waals surface area contributed by atoms with E-state index in [-0.39, 0.29) is 0 Å². The largest absolute Gasteiger partial charge is 0.384 e. The topological polar surface area (TPSA) is 34.2 Å². The minimum Gasteiger partial charge on any atom is -0.384 e. The number of fused-ring (bicyclic) bond motifs is 2. The van der Waals surface area contributed by atoms with E-state index in [9.17, 15) is 0 Å². The van der Waals surface area contributed by atoms with Crippen molar-refractivity contribution in [3.8, 4) is 0 Å². The van der Waals surface area contributed by atoms with Gasteiger partial charge in [0.25, 0.3) is 0 Å². The number of ether oxygens (including phenoxy) is 1. The van der Waals surface area contributed by atoms with E-state index >= 15 is 0 Å². The fourth-order valence-electron chi connectivity index (χ4n) is 2.48. The van der Waals surface area contributed by atoms with Gasteiger partial charge in [-0.3, -0.25) is 4.98 Å². The van der Waals surface area contributed by atoms with Gasteiger partial charge in [0.15, 0.2) is 0 Å². The predicted molar refractivity (Wildman–Crippen MR) is 81.6 cm³/mol. The molecule has 0 aliphatic carbocycles. The number of benzene rings is 1. The minimum absolute atomic E-state index is 0.664. The molecule has 0 unspecified atom stereocenters. The summed E-state index contributed by atoms with van der Waals surface area (Å²) in [6, 6.07) is 6.26. The van der Waals surface area contributed by atoms with Crippen LogP contribution in [0.5, 0.6) is 0 Å². The van der Waals surface area contributed by atoms with Crippen molar-refractivity contribution in [3.05, 3.63) is 33.9 Å². The third kappa shape index (κ3) is 2.47. The lowest BCUT2D eigenvalue weighted by atomic mass is 10.0. The highest BCUT2D eigenvalue weighted by Crippen LogP contribution is 2.33. The van der Waals surface area contributed by atoms with Crippen molar-refractivity contribution in [2.75, 3.05) is 18.5 Å². The fourth-order valence-corrected chi connectivity index (χ4v) is 2.84. The summed E-state index contributed by atoms with van der Waals surface area (Å²) in [4.78, 5) is 4.78. The highest BCUT2D eigenvalue weighted by atomic mass is 79.9. The molecule has 1 aromatic heterocycles. The molecule has 19 heavy (non-hydrogen) atoms. The molecule has 0 amide bonds. The second kappa shape index (κ2) is 5.47. The molecule has 3 nitrogen and oxygen atoms in total. The van der Waals surface area contributed by atoms with Crippen LogP contribution < -0.4 is 5.32 Å². The van der Waals surface area contributed by atoms with Crippen LogP contribution in [-0.4, -0.2) is 18.1 Å². The van der Waals surface area contributed by atoms with E-state index in [2.05, 4.69) is 40.3 Å². The van der Waals surface area contributed by atoms with Crippen LogP contribution in [0.4, 0.5) is 5.69 Å². The van der Waals surface area contributed by atoms with Crippen molar-refractivity contribution in [2.24, 2.45) is 0 Å². The third-order valence-corrected chi connectivity index (χ3v) is 3.91. The van der Waals surface area contributed by atoms with E-state index in [1.807, 2.05) is 6.07 Å². The highest BCUT2D eigenvalue weighted by Gasteiger charge is 2.18. The molecular weight excluding hydrogens is 304 g/mol. The molecule has 0 spiro atoms. The predicted octanol–water partition coefficient (Wildman–Crippen LogP) is 3.89. The van der Waals surface area contributed by atoms with Gasteiger partial charge in [-0.1, -0.05) is 22.9 Å². The van der Waals surface area contributed by atoms with Crippen molar-refractivity contribution in [3.63, 3.8) is 0 Å². The van der Waals surface area contributed by atoms with Gasteiger partial charge in [0, 0.05) is 28.4 Å². The van der Waals surface area contributed by atoms with Crippen LogP contribution in [0.2, 0.25) is 0 Å². The number of rotatable bonds is 3. The molecule has 0 saturated heterocycles. The first kappa shape index (κ1) is 12.9. The maximum atomic E-state index is 5.60. The average Bonchev–Trinajstić information content (AvgIpc) is 2.44. The van der Waals surface area contributed by atoms with Gasteiger partial charge in [-0.15, -0.1) is 0 Å². The van der Waals surface area contributed by atoms with Gasteiger partial charge in [0.1, 0.15) is 0 Å². The molecule has 100 valence electrons. The Morgan fingerprint density at radius 1 is 1.42 bits per heavy atom. The Morgan fingerprint density at radius 2 is 2.32 bits per heavy atom. The first-order valence-electron chi connectivity index (χ1n) is 6.72. The van der Waals surface area contributed by atoms with Crippen molar-refractivity contribution in [1.82, 2.24) is 4.98 Å². The van der Waals surface area contributed by atoms with Crippen LogP contribution in [-0.2, 0) is 17.8 Å². The smallest absolute Gasteiger partial charge is 0.0755 e. The van der Waals surface area contributed by atoms with Gasteiger partial charge < -0.3 is 10.1 Å². The van der Waals surface area contributed by atoms with Crippen molar-refractivity contribution in [1.29, 1.82) is 0 Å². The number of pyridine rings is 1. The molecule has 0 fully saturated rings. The maximum absolute atomic E-state index is 5.60. The fraction of sp³-hybridized carbons (Fsp3) is 0.400. The van der Waals surface area contributed by atoms with Crippen LogP contribution in [0, 0.1) is 0 Å². The molecule has 4 heteroatoms. The summed E-state index contributed by atoms with van der Waals surface area (Å²) in [5, 5.41) is 4.73. The lowest BCUT2D eigenvalue weighted by Crippen LogP contribution is -2.15. The van der Waals surface area contributed by atoms with Gasteiger partial charge in [-0.2, -0.15) is 0 Å². The van der Waals surface area contributed by atoms with E-state index in [0.29, 0.717) is 6.61 Å². The Bertz CT molecular complexity index is 613. The number of nitrogens with zero attached hydrogens (tertiary/aromatic N) is 1. The summed E-state index contributed by atoms with van der Waals surface area (Å²) in [6.07, 6.45) is 2.01. The van der Waals surface area contributed by atoms with Crippen molar-refractivity contribution in [2.45, 2.75) is 26.4 Å². The van der Waals surface area contributed by atoms with E-state index in [1.165, 1.54) is 22.3 Å². The molecular formula is C15H17BrN2O. The zero-order valence-electron chi connectivity index (χ0n) is 11.0. The summed E-state index contributed by atoms with van der Waals surface area (Å²) < 4.78 is 6.69. The summed E-state index contributed by atoms with van der Waals surface area (Å²) in [5.41, 5.74) is 4.66. The van der Waals surface area contributed by atoms with Crippen molar-refractivity contribution >= 4 is 32.5 Å². The Hall–Kier alpha value is -1.13. The van der Waals surface area contributed by atoms with Gasteiger partial charge in [0.05, 0.1) is 30.1 Å². The molecule has 3 rings (SSSR count). The van der Waals surface area contributed by atoms with Gasteiger partial charge in [-0.25, -0.2) is 0 Å². The van der Waals surface area contributed by atoms with E-state index in [1.54, 1.807) is 0 Å². The Morgan fingerprint density at radius 3 is 3.16 bits per heavy atom. The summed E-state index contributed by atoms with van der Waals surface area (Å²) in [6.45, 7) is 4.58. The zero-order chi connectivity index (χ0) is 13.2. The highest BCUT2D eigenvalue weighted by molar-refractivity contribution is 9.10. The van der Waals surface area contributed by atoms with E-state index in [4.69, 9.17) is 9.72 Å². The maximum Gasteiger partial charge on any atom is 0.0755 e. The van der Waals surface area contributed by atoms with Crippen molar-refractivity contribution < 1.29 is 4.74 Å². The average molecular weight is 321 g/mol. The molecule has 2 aromatic rings. The van der Waals surface area contributed by atoms with Crippen LogP contribution >= 0.6 is 15.9 Å². The molecule has 1 aliphatic heterocycles. The van der Waals surface area contributed by atoms with Crippen LogP contribution in [0.25, 0.3) is 10.9 Å². The molecule has 0 atom stereocenters. The summed E-state index contributed by atoms with van der Waals surface area (Å²) >= 11 is 3.54. The van der Waals surface area contributed by atoms with Gasteiger partial charge >= 0.3 is 0 Å². The standard InChI is InChI=1S/C15H17BrN2O/c1-2-6-17-15-11-8-10(16)3-4-13(11)18-14-5-7-19-9-12(14)15/h3-4,8H,2,5-7,9H2,1H3,(H,17,18). The SMILES string of the molecule is CCCNc1c2c(nc3ccc(Br)cc13)CCOC2. The monoisotopic (exact) mass is 320 g/mol. The third-order valence-electron chi connectivity index (χ3n) is 3.41. The first-order valence-corrected chi connectivity index (χ1v) is 7.51. The van der Waals surface area contributed by atoms with Crippen LogP contribution in [0.15, 0.2) is 22.7 Å². The Labute approximate surface area is 121 Å². The van der Waals surface area contributed by atoms with E-state index in [0.717, 1.165) is 36.0 Å². The lowest BCUT2D eigenvalue weighted by molar-refractivity contribution is 0.110. The number of hydrogen-bond donors (Lipinski definition) is 1.